The fourth-order valence-electron chi connectivity index (χ4n) is 2.79. The molecule has 0 aliphatic carbocycles. The van der Waals surface area contributed by atoms with Crippen molar-refractivity contribution in [3.63, 3.8) is 0 Å². The highest BCUT2D eigenvalue weighted by atomic mass is 32.2. The lowest BCUT2D eigenvalue weighted by atomic mass is 10.2. The predicted molar refractivity (Wildman–Crippen MR) is 105 cm³/mol. The fraction of sp³-hybridized carbons (Fsp3) is 0.316. The third-order valence-corrected chi connectivity index (χ3v) is 7.36. The first-order valence-electron chi connectivity index (χ1n) is 8.47. The van der Waals surface area contributed by atoms with Crippen LogP contribution in [0.15, 0.2) is 53.4 Å². The van der Waals surface area contributed by atoms with Gasteiger partial charge in [-0.25, -0.2) is 8.42 Å². The van der Waals surface area contributed by atoms with Gasteiger partial charge < -0.3 is 10.1 Å². The van der Waals surface area contributed by atoms with Crippen LogP contribution in [0.25, 0.3) is 0 Å². The van der Waals surface area contributed by atoms with Crippen LogP contribution in [0.4, 0.5) is 5.69 Å². The smallest absolute Gasteiger partial charge is 0.256 e. The molecule has 1 atom stereocenters. The molecule has 0 radical (unpaired) electrons. The van der Waals surface area contributed by atoms with E-state index in [0.29, 0.717) is 24.3 Å². The Labute approximate surface area is 158 Å². The summed E-state index contributed by atoms with van der Waals surface area (Å²) < 4.78 is 28.7. The van der Waals surface area contributed by atoms with E-state index in [2.05, 4.69) is 5.32 Å². The molecule has 1 heterocycles. The molecule has 26 heavy (non-hydrogen) atoms. The Morgan fingerprint density at radius 3 is 2.58 bits per heavy atom. The first-order chi connectivity index (χ1) is 12.5. The lowest BCUT2D eigenvalue weighted by Crippen LogP contribution is -2.14. The summed E-state index contributed by atoms with van der Waals surface area (Å²) >= 11 is 1.47. The lowest BCUT2D eigenvalue weighted by Gasteiger charge is -2.13. The Morgan fingerprint density at radius 2 is 1.92 bits per heavy atom. The molecule has 2 aromatic rings. The SMILES string of the molecule is CCOc1ccc(NC(=O)c2ccccc2S[C@@H]2CCS(=O)(=O)C2)cc1. The summed E-state index contributed by atoms with van der Waals surface area (Å²) in [7, 11) is -2.94. The van der Waals surface area contributed by atoms with Crippen LogP contribution in [-0.4, -0.2) is 37.7 Å². The van der Waals surface area contributed by atoms with E-state index in [0.717, 1.165) is 10.6 Å². The van der Waals surface area contributed by atoms with Crippen molar-refractivity contribution in [3.8, 4) is 5.75 Å². The molecule has 1 aliphatic rings. The Hall–Kier alpha value is -1.99. The number of ether oxygens (including phenoxy) is 1. The number of amides is 1. The minimum Gasteiger partial charge on any atom is -0.494 e. The van der Waals surface area contributed by atoms with E-state index < -0.39 is 9.84 Å². The number of carbonyl (C=O) groups excluding carboxylic acids is 1. The third-order valence-electron chi connectivity index (χ3n) is 4.04. The predicted octanol–water partition coefficient (Wildman–Crippen LogP) is 3.62. The van der Waals surface area contributed by atoms with Crippen molar-refractivity contribution < 1.29 is 17.9 Å². The quantitative estimate of drug-likeness (QED) is 0.814. The van der Waals surface area contributed by atoms with Crippen molar-refractivity contribution in [1.29, 1.82) is 0 Å². The first-order valence-corrected chi connectivity index (χ1v) is 11.2. The zero-order valence-corrected chi connectivity index (χ0v) is 16.1. The number of thioether (sulfide) groups is 1. The summed E-state index contributed by atoms with van der Waals surface area (Å²) in [6.45, 7) is 2.51. The van der Waals surface area contributed by atoms with E-state index in [1.54, 1.807) is 18.2 Å². The van der Waals surface area contributed by atoms with E-state index in [-0.39, 0.29) is 22.7 Å². The highest BCUT2D eigenvalue weighted by Gasteiger charge is 2.29. The molecule has 0 bridgehead atoms. The highest BCUT2D eigenvalue weighted by molar-refractivity contribution is 8.02. The van der Waals surface area contributed by atoms with E-state index in [1.165, 1.54) is 11.8 Å². The molecule has 2 aromatic carbocycles. The number of nitrogens with one attached hydrogen (secondary N) is 1. The number of carbonyl (C=O) groups is 1. The summed E-state index contributed by atoms with van der Waals surface area (Å²) in [4.78, 5) is 13.5. The number of hydrogen-bond donors (Lipinski definition) is 1. The maximum Gasteiger partial charge on any atom is 0.256 e. The first kappa shape index (κ1) is 18.8. The number of sulfone groups is 1. The van der Waals surface area contributed by atoms with Crippen LogP contribution in [0, 0.1) is 0 Å². The van der Waals surface area contributed by atoms with Crippen molar-refractivity contribution in [2.75, 3.05) is 23.4 Å². The summed E-state index contributed by atoms with van der Waals surface area (Å²) in [5, 5.41) is 2.88. The molecule has 1 fully saturated rings. The molecule has 5 nitrogen and oxygen atoms in total. The number of anilines is 1. The molecule has 0 aromatic heterocycles. The van der Waals surface area contributed by atoms with Crippen LogP contribution in [0.2, 0.25) is 0 Å². The maximum absolute atomic E-state index is 12.7. The van der Waals surface area contributed by atoms with Crippen LogP contribution in [-0.2, 0) is 9.84 Å². The van der Waals surface area contributed by atoms with Crippen LogP contribution >= 0.6 is 11.8 Å². The summed E-state index contributed by atoms with van der Waals surface area (Å²) in [5.74, 6) is 0.944. The second-order valence-electron chi connectivity index (χ2n) is 6.05. The van der Waals surface area contributed by atoms with E-state index in [1.807, 2.05) is 37.3 Å². The van der Waals surface area contributed by atoms with Crippen LogP contribution in [0.5, 0.6) is 5.75 Å². The van der Waals surface area contributed by atoms with Gasteiger partial charge >= 0.3 is 0 Å². The molecule has 138 valence electrons. The van der Waals surface area contributed by atoms with E-state index in [9.17, 15) is 13.2 Å². The topological polar surface area (TPSA) is 72.5 Å². The second kappa shape index (κ2) is 8.14. The van der Waals surface area contributed by atoms with Crippen molar-refractivity contribution in [2.45, 2.75) is 23.5 Å². The molecular weight excluding hydrogens is 370 g/mol. The summed E-state index contributed by atoms with van der Waals surface area (Å²) in [6, 6.07) is 14.5. The Morgan fingerprint density at radius 1 is 1.19 bits per heavy atom. The van der Waals surface area contributed by atoms with Crippen molar-refractivity contribution >= 4 is 33.2 Å². The van der Waals surface area contributed by atoms with Gasteiger partial charge in [0.05, 0.1) is 23.7 Å². The van der Waals surface area contributed by atoms with E-state index in [4.69, 9.17) is 4.74 Å². The molecule has 3 rings (SSSR count). The molecule has 1 saturated heterocycles. The van der Waals surface area contributed by atoms with Crippen LogP contribution in [0.1, 0.15) is 23.7 Å². The fourth-order valence-corrected chi connectivity index (χ4v) is 6.42. The van der Waals surface area contributed by atoms with Gasteiger partial charge in [-0.05, 0) is 49.7 Å². The van der Waals surface area contributed by atoms with Gasteiger partial charge in [-0.2, -0.15) is 0 Å². The zero-order valence-electron chi connectivity index (χ0n) is 14.5. The van der Waals surface area contributed by atoms with Gasteiger partial charge in [0.15, 0.2) is 9.84 Å². The molecule has 7 heteroatoms. The average molecular weight is 392 g/mol. The van der Waals surface area contributed by atoms with Gasteiger partial charge in [0.25, 0.3) is 5.91 Å². The number of rotatable bonds is 6. The van der Waals surface area contributed by atoms with Crippen LogP contribution < -0.4 is 10.1 Å². The van der Waals surface area contributed by atoms with Gasteiger partial charge in [-0.1, -0.05) is 12.1 Å². The Bertz CT molecular complexity index is 879. The molecule has 1 N–H and O–H groups in total. The number of benzene rings is 2. The van der Waals surface area contributed by atoms with Crippen LogP contribution in [0.3, 0.4) is 0 Å². The lowest BCUT2D eigenvalue weighted by molar-refractivity contribution is 0.102. The summed E-state index contributed by atoms with van der Waals surface area (Å²) in [5.41, 5.74) is 1.23. The molecule has 0 spiro atoms. The average Bonchev–Trinajstić information content (AvgIpc) is 2.96. The Balaban J connectivity index is 1.71. The van der Waals surface area contributed by atoms with E-state index >= 15 is 0 Å². The van der Waals surface area contributed by atoms with Crippen molar-refractivity contribution in [3.05, 3.63) is 54.1 Å². The maximum atomic E-state index is 12.7. The van der Waals surface area contributed by atoms with Crippen molar-refractivity contribution in [1.82, 2.24) is 0 Å². The Kier molecular flexibility index (Phi) is 5.88. The molecular formula is C19H21NO4S2. The van der Waals surface area contributed by atoms with Gasteiger partial charge in [-0.3, -0.25) is 4.79 Å². The van der Waals surface area contributed by atoms with Gasteiger partial charge in [0, 0.05) is 15.8 Å². The minimum atomic E-state index is -2.94. The molecule has 0 saturated carbocycles. The largest absolute Gasteiger partial charge is 0.494 e. The normalized spacial score (nSPS) is 18.4. The molecule has 1 aliphatic heterocycles. The van der Waals surface area contributed by atoms with Gasteiger partial charge in [-0.15, -0.1) is 11.8 Å². The monoisotopic (exact) mass is 391 g/mol. The van der Waals surface area contributed by atoms with Gasteiger partial charge in [0.2, 0.25) is 0 Å². The summed E-state index contributed by atoms with van der Waals surface area (Å²) in [6.07, 6.45) is 0.627. The molecule has 0 unspecified atom stereocenters. The molecule has 1 amide bonds. The number of hydrogen-bond acceptors (Lipinski definition) is 5. The standard InChI is InChI=1S/C19H21NO4S2/c1-2-24-15-9-7-14(8-10-15)20-19(21)17-5-3-4-6-18(17)25-16-11-12-26(22,23)13-16/h3-10,16H,2,11-13H2,1H3,(H,20,21)/t16-/m1/s1. The van der Waals surface area contributed by atoms with Gasteiger partial charge in [0.1, 0.15) is 5.75 Å². The van der Waals surface area contributed by atoms with Crippen molar-refractivity contribution in [2.24, 2.45) is 0 Å². The zero-order chi connectivity index (χ0) is 18.6. The highest BCUT2D eigenvalue weighted by Crippen LogP contribution is 2.33. The minimum absolute atomic E-state index is 0.000531. The third kappa shape index (κ3) is 4.80. The second-order valence-corrected chi connectivity index (χ2v) is 9.62.